The molecular formula is C13H15ClN2O3. The highest BCUT2D eigenvalue weighted by Gasteiger charge is 2.30. The van der Waals surface area contributed by atoms with Gasteiger partial charge in [-0.3, -0.25) is 4.90 Å². The minimum Gasteiger partial charge on any atom is -0.446 e. The van der Waals surface area contributed by atoms with Crippen LogP contribution in [0.15, 0.2) is 23.4 Å². The predicted octanol–water partition coefficient (Wildman–Crippen LogP) is 3.90. The number of nitrogens with zero attached hydrogens (tertiary/aromatic N) is 2. The van der Waals surface area contributed by atoms with Crippen molar-refractivity contribution in [3.8, 4) is 0 Å². The van der Waals surface area contributed by atoms with Crippen molar-refractivity contribution < 1.29 is 9.53 Å². The third-order valence-electron chi connectivity index (χ3n) is 2.95. The van der Waals surface area contributed by atoms with Crippen LogP contribution in [0.5, 0.6) is 0 Å². The summed E-state index contributed by atoms with van der Waals surface area (Å²) < 4.78 is 5.19. The fourth-order valence-electron chi connectivity index (χ4n) is 2.13. The first kappa shape index (κ1) is 13.8. The van der Waals surface area contributed by atoms with Crippen LogP contribution >= 0.6 is 11.6 Å². The van der Waals surface area contributed by atoms with Crippen molar-refractivity contribution in [3.05, 3.63) is 33.7 Å². The first-order valence-corrected chi connectivity index (χ1v) is 6.50. The zero-order valence-electron chi connectivity index (χ0n) is 10.8. The minimum atomic E-state index is -0.461. The summed E-state index contributed by atoms with van der Waals surface area (Å²) in [5.41, 5.74) is 1.32. The highest BCUT2D eigenvalue weighted by atomic mass is 35.5. The molecule has 0 radical (unpaired) electrons. The van der Waals surface area contributed by atoms with E-state index in [1.54, 1.807) is 32.0 Å². The number of nitroso groups, excluding NO2 is 1. The molecule has 0 aliphatic carbocycles. The van der Waals surface area contributed by atoms with Gasteiger partial charge in [-0.05, 0) is 38.5 Å². The molecular weight excluding hydrogens is 268 g/mol. The summed E-state index contributed by atoms with van der Waals surface area (Å²) in [7, 11) is 0. The lowest BCUT2D eigenvalue weighted by Crippen LogP contribution is -2.38. The number of carbonyl (C=O) groups is 1. The lowest BCUT2D eigenvalue weighted by atomic mass is 9.97. The average Bonchev–Trinajstić information content (AvgIpc) is 2.36. The minimum absolute atomic E-state index is 0.190. The Morgan fingerprint density at radius 1 is 1.53 bits per heavy atom. The van der Waals surface area contributed by atoms with Gasteiger partial charge in [-0.1, -0.05) is 16.8 Å². The van der Waals surface area contributed by atoms with Gasteiger partial charge < -0.3 is 4.74 Å². The van der Waals surface area contributed by atoms with E-state index in [4.69, 9.17) is 16.3 Å². The fourth-order valence-corrected chi connectivity index (χ4v) is 2.31. The number of rotatable bonds is 2. The van der Waals surface area contributed by atoms with E-state index in [0.29, 0.717) is 29.2 Å². The van der Waals surface area contributed by atoms with E-state index in [9.17, 15) is 9.70 Å². The van der Waals surface area contributed by atoms with Gasteiger partial charge in [-0.15, -0.1) is 0 Å². The molecule has 0 N–H and O–H groups in total. The van der Waals surface area contributed by atoms with Gasteiger partial charge in [0.25, 0.3) is 0 Å². The van der Waals surface area contributed by atoms with Crippen molar-refractivity contribution in [1.29, 1.82) is 0 Å². The van der Waals surface area contributed by atoms with Crippen molar-refractivity contribution in [3.63, 3.8) is 0 Å². The number of amides is 1. The maximum Gasteiger partial charge on any atom is 0.414 e. The molecule has 0 bridgehead atoms. The second-order valence-electron chi connectivity index (χ2n) is 4.70. The SMILES string of the molecule is CC(C)OC(=O)N1CCC(N=O)c2cc(Cl)ccc21. The predicted molar refractivity (Wildman–Crippen MR) is 73.6 cm³/mol. The molecule has 1 unspecified atom stereocenters. The van der Waals surface area contributed by atoms with Crippen molar-refractivity contribution >= 4 is 23.4 Å². The second kappa shape index (κ2) is 5.57. The molecule has 19 heavy (non-hydrogen) atoms. The number of hydrogen-bond acceptors (Lipinski definition) is 4. The van der Waals surface area contributed by atoms with E-state index >= 15 is 0 Å². The van der Waals surface area contributed by atoms with Gasteiger partial charge in [0.1, 0.15) is 6.04 Å². The van der Waals surface area contributed by atoms with E-state index in [-0.39, 0.29) is 6.10 Å². The van der Waals surface area contributed by atoms with Crippen molar-refractivity contribution in [2.24, 2.45) is 5.18 Å². The summed E-state index contributed by atoms with van der Waals surface area (Å²) in [6, 6.07) is 4.62. The van der Waals surface area contributed by atoms with Crippen molar-refractivity contribution in [2.75, 3.05) is 11.4 Å². The zero-order valence-corrected chi connectivity index (χ0v) is 11.6. The Morgan fingerprint density at radius 2 is 2.26 bits per heavy atom. The Hall–Kier alpha value is -1.62. The maximum atomic E-state index is 12.0. The molecule has 102 valence electrons. The molecule has 5 nitrogen and oxygen atoms in total. The number of benzene rings is 1. The third-order valence-corrected chi connectivity index (χ3v) is 3.18. The smallest absolute Gasteiger partial charge is 0.414 e. The third kappa shape index (κ3) is 2.87. The van der Waals surface area contributed by atoms with Gasteiger partial charge in [-0.2, -0.15) is 4.91 Å². The standard InChI is InChI=1S/C13H15ClN2O3/c1-8(2)19-13(17)16-6-5-11(15-18)10-7-9(14)3-4-12(10)16/h3-4,7-8,11H,5-6H2,1-2H3. The molecule has 0 aromatic heterocycles. The molecule has 1 amide bonds. The van der Waals surface area contributed by atoms with Crippen LogP contribution in [-0.4, -0.2) is 18.7 Å². The zero-order chi connectivity index (χ0) is 14.0. The molecule has 1 aliphatic rings. The summed E-state index contributed by atoms with van der Waals surface area (Å²) in [6.45, 7) is 4.00. The molecule has 1 atom stereocenters. The maximum absolute atomic E-state index is 12.0. The van der Waals surface area contributed by atoms with Crippen LogP contribution in [-0.2, 0) is 4.74 Å². The summed E-state index contributed by atoms with van der Waals surface area (Å²) >= 11 is 5.93. The number of anilines is 1. The van der Waals surface area contributed by atoms with Gasteiger partial charge in [0, 0.05) is 17.1 Å². The van der Waals surface area contributed by atoms with Crippen LogP contribution < -0.4 is 4.90 Å². The first-order chi connectivity index (χ1) is 9.02. The Labute approximate surface area is 116 Å². The average molecular weight is 283 g/mol. The molecule has 0 spiro atoms. The number of fused-ring (bicyclic) bond motifs is 1. The van der Waals surface area contributed by atoms with Crippen molar-refractivity contribution in [2.45, 2.75) is 32.4 Å². The van der Waals surface area contributed by atoms with E-state index in [1.807, 2.05) is 0 Å². The highest BCUT2D eigenvalue weighted by molar-refractivity contribution is 6.30. The Bertz CT molecular complexity index is 505. The largest absolute Gasteiger partial charge is 0.446 e. The normalized spacial score (nSPS) is 18.1. The number of carbonyl (C=O) groups excluding carboxylic acids is 1. The lowest BCUT2D eigenvalue weighted by Gasteiger charge is -2.31. The van der Waals surface area contributed by atoms with E-state index in [1.165, 1.54) is 4.90 Å². The molecule has 1 heterocycles. The molecule has 1 aliphatic heterocycles. The molecule has 6 heteroatoms. The molecule has 1 aromatic rings. The topological polar surface area (TPSA) is 59.0 Å². The Kier molecular flexibility index (Phi) is 4.04. The van der Waals surface area contributed by atoms with Crippen LogP contribution in [0.1, 0.15) is 31.9 Å². The molecule has 0 fully saturated rings. The molecule has 1 aromatic carbocycles. The summed E-state index contributed by atoms with van der Waals surface area (Å²) in [6.07, 6.45) is -0.127. The summed E-state index contributed by atoms with van der Waals surface area (Å²) in [5.74, 6) is 0. The van der Waals surface area contributed by atoms with Crippen LogP contribution in [0.3, 0.4) is 0 Å². The fraction of sp³-hybridized carbons (Fsp3) is 0.462. The monoisotopic (exact) mass is 282 g/mol. The van der Waals surface area contributed by atoms with Gasteiger partial charge in [-0.25, -0.2) is 4.79 Å². The van der Waals surface area contributed by atoms with E-state index < -0.39 is 12.1 Å². The Balaban J connectivity index is 2.35. The van der Waals surface area contributed by atoms with Gasteiger partial charge >= 0.3 is 6.09 Å². The van der Waals surface area contributed by atoms with Gasteiger partial charge in [0.15, 0.2) is 0 Å². The quantitative estimate of drug-likeness (QED) is 0.773. The second-order valence-corrected chi connectivity index (χ2v) is 5.13. The van der Waals surface area contributed by atoms with Crippen LogP contribution in [0.2, 0.25) is 5.02 Å². The van der Waals surface area contributed by atoms with Gasteiger partial charge in [0.05, 0.1) is 11.8 Å². The lowest BCUT2D eigenvalue weighted by molar-refractivity contribution is 0.122. The van der Waals surface area contributed by atoms with Gasteiger partial charge in [0.2, 0.25) is 0 Å². The van der Waals surface area contributed by atoms with E-state index in [0.717, 1.165) is 0 Å². The summed E-state index contributed by atoms with van der Waals surface area (Å²) in [5, 5.41) is 3.62. The highest BCUT2D eigenvalue weighted by Crippen LogP contribution is 2.37. The van der Waals surface area contributed by atoms with Crippen LogP contribution in [0, 0.1) is 4.91 Å². The molecule has 0 saturated heterocycles. The van der Waals surface area contributed by atoms with Crippen LogP contribution in [0.25, 0.3) is 0 Å². The first-order valence-electron chi connectivity index (χ1n) is 6.13. The Morgan fingerprint density at radius 3 is 2.89 bits per heavy atom. The molecule has 0 saturated carbocycles. The molecule has 2 rings (SSSR count). The summed E-state index contributed by atoms with van der Waals surface area (Å²) in [4.78, 5) is 24.4. The van der Waals surface area contributed by atoms with E-state index in [2.05, 4.69) is 5.18 Å². The number of ether oxygens (including phenoxy) is 1. The number of hydrogen-bond donors (Lipinski definition) is 0. The van der Waals surface area contributed by atoms with Crippen molar-refractivity contribution in [1.82, 2.24) is 0 Å². The number of halogens is 1. The van der Waals surface area contributed by atoms with Crippen LogP contribution in [0.4, 0.5) is 10.5 Å².